The van der Waals surface area contributed by atoms with E-state index in [-0.39, 0.29) is 24.3 Å². The largest absolute Gasteiger partial charge is 0.495 e. The van der Waals surface area contributed by atoms with Crippen LogP contribution in [-0.4, -0.2) is 46.1 Å². The molecule has 28 heavy (non-hydrogen) atoms. The van der Waals surface area contributed by atoms with Gasteiger partial charge in [-0.05, 0) is 12.1 Å². The van der Waals surface area contributed by atoms with E-state index in [0.717, 1.165) is 0 Å². The average Bonchev–Trinajstić information content (AvgIpc) is 3.41. The lowest BCUT2D eigenvalue weighted by molar-refractivity contribution is 0.0647. The van der Waals surface area contributed by atoms with Crippen LogP contribution < -0.4 is 10.1 Å². The van der Waals surface area contributed by atoms with Crippen molar-refractivity contribution >= 4 is 34.7 Å². The molecule has 4 rings (SSSR count). The standard InChI is InChI=1S/C19H16N4O4S/c1-27-16-11-28-10-15(16)17(24)21-12-8-20-22(9-12)6-7-23-18(25)13-4-2-3-5-14(13)19(23)26/h2-5,8-11H,6-7H2,1H3,(H,21,24). The number of anilines is 1. The minimum absolute atomic E-state index is 0.194. The Kier molecular flexibility index (Phi) is 4.66. The third-order valence-corrected chi connectivity index (χ3v) is 5.13. The zero-order valence-corrected chi connectivity index (χ0v) is 15.7. The maximum atomic E-state index is 12.4. The molecule has 0 unspecified atom stereocenters. The molecule has 0 atom stereocenters. The molecule has 0 saturated carbocycles. The first-order chi connectivity index (χ1) is 13.6. The molecule has 2 aromatic heterocycles. The number of imide groups is 1. The minimum Gasteiger partial charge on any atom is -0.495 e. The Bertz CT molecular complexity index is 1040. The Hall–Kier alpha value is -3.46. The number of carbonyl (C=O) groups is 3. The molecule has 9 heteroatoms. The van der Waals surface area contributed by atoms with Gasteiger partial charge in [0.15, 0.2) is 0 Å². The van der Waals surface area contributed by atoms with Gasteiger partial charge in [0.05, 0.1) is 42.2 Å². The molecular formula is C19H16N4O4S. The van der Waals surface area contributed by atoms with Crippen molar-refractivity contribution in [2.75, 3.05) is 19.0 Å². The number of ether oxygens (including phenoxy) is 1. The summed E-state index contributed by atoms with van der Waals surface area (Å²) >= 11 is 1.38. The number of aromatic nitrogens is 2. The summed E-state index contributed by atoms with van der Waals surface area (Å²) in [5.41, 5.74) is 1.81. The van der Waals surface area contributed by atoms with E-state index >= 15 is 0 Å². The molecule has 0 saturated heterocycles. The van der Waals surface area contributed by atoms with Gasteiger partial charge in [0.1, 0.15) is 5.75 Å². The van der Waals surface area contributed by atoms with Crippen molar-refractivity contribution in [2.24, 2.45) is 0 Å². The van der Waals surface area contributed by atoms with E-state index in [1.165, 1.54) is 29.5 Å². The van der Waals surface area contributed by atoms with Crippen molar-refractivity contribution in [2.45, 2.75) is 6.54 Å². The van der Waals surface area contributed by atoms with Crippen molar-refractivity contribution in [3.63, 3.8) is 0 Å². The zero-order valence-electron chi connectivity index (χ0n) is 14.9. The summed E-state index contributed by atoms with van der Waals surface area (Å²) in [6, 6.07) is 6.77. The van der Waals surface area contributed by atoms with Crippen LogP contribution in [0.5, 0.6) is 5.75 Å². The normalized spacial score (nSPS) is 13.0. The van der Waals surface area contributed by atoms with Crippen molar-refractivity contribution in [1.82, 2.24) is 14.7 Å². The van der Waals surface area contributed by atoms with Gasteiger partial charge in [-0.3, -0.25) is 24.0 Å². The number of carbonyl (C=O) groups excluding carboxylic acids is 3. The summed E-state index contributed by atoms with van der Waals surface area (Å²) in [5.74, 6) is -0.379. The molecule has 142 valence electrons. The van der Waals surface area contributed by atoms with Crippen molar-refractivity contribution in [3.05, 3.63) is 64.1 Å². The van der Waals surface area contributed by atoms with Crippen LogP contribution in [0.3, 0.4) is 0 Å². The van der Waals surface area contributed by atoms with E-state index in [0.29, 0.717) is 34.7 Å². The second-order valence-corrected chi connectivity index (χ2v) is 6.85. The summed E-state index contributed by atoms with van der Waals surface area (Å²) in [6.07, 6.45) is 3.16. The molecule has 0 spiro atoms. The van der Waals surface area contributed by atoms with E-state index in [1.807, 2.05) is 0 Å². The Labute approximate surface area is 164 Å². The molecule has 0 bridgehead atoms. The van der Waals surface area contributed by atoms with Gasteiger partial charge in [-0.2, -0.15) is 5.10 Å². The Morgan fingerprint density at radius 3 is 2.54 bits per heavy atom. The fourth-order valence-corrected chi connectivity index (χ4v) is 3.78. The highest BCUT2D eigenvalue weighted by Gasteiger charge is 2.34. The predicted octanol–water partition coefficient (Wildman–Crippen LogP) is 2.50. The summed E-state index contributed by atoms with van der Waals surface area (Å²) in [4.78, 5) is 38.3. The molecule has 1 aliphatic rings. The number of amides is 3. The molecule has 1 aliphatic heterocycles. The smallest absolute Gasteiger partial charge is 0.261 e. The number of hydrogen-bond donors (Lipinski definition) is 1. The van der Waals surface area contributed by atoms with E-state index < -0.39 is 0 Å². The van der Waals surface area contributed by atoms with Crippen molar-refractivity contribution < 1.29 is 19.1 Å². The van der Waals surface area contributed by atoms with Crippen molar-refractivity contribution in [1.29, 1.82) is 0 Å². The van der Waals surface area contributed by atoms with Crippen LogP contribution in [0.15, 0.2) is 47.4 Å². The first kappa shape index (κ1) is 17.9. The van der Waals surface area contributed by atoms with Crippen molar-refractivity contribution in [3.8, 4) is 5.75 Å². The molecule has 3 heterocycles. The number of nitrogens with zero attached hydrogens (tertiary/aromatic N) is 3. The Balaban J connectivity index is 1.39. The number of thiophene rings is 1. The van der Waals surface area contributed by atoms with Crippen LogP contribution in [-0.2, 0) is 6.54 Å². The average molecular weight is 396 g/mol. The first-order valence-corrected chi connectivity index (χ1v) is 9.42. The van der Waals surface area contributed by atoms with Gasteiger partial charge in [0, 0.05) is 23.5 Å². The monoisotopic (exact) mass is 396 g/mol. The topological polar surface area (TPSA) is 93.5 Å². The van der Waals surface area contributed by atoms with Crippen LogP contribution in [0.25, 0.3) is 0 Å². The third kappa shape index (κ3) is 3.16. The van der Waals surface area contributed by atoms with Crippen LogP contribution >= 0.6 is 11.3 Å². The molecule has 8 nitrogen and oxygen atoms in total. The summed E-state index contributed by atoms with van der Waals surface area (Å²) in [7, 11) is 1.51. The lowest BCUT2D eigenvalue weighted by atomic mass is 10.1. The number of methoxy groups -OCH3 is 1. The molecule has 0 radical (unpaired) electrons. The highest BCUT2D eigenvalue weighted by molar-refractivity contribution is 7.08. The van der Waals surface area contributed by atoms with Gasteiger partial charge in [0.25, 0.3) is 17.7 Å². The Morgan fingerprint density at radius 2 is 1.86 bits per heavy atom. The lowest BCUT2D eigenvalue weighted by Crippen LogP contribution is -2.33. The quantitative estimate of drug-likeness (QED) is 0.646. The number of benzene rings is 1. The van der Waals surface area contributed by atoms with Gasteiger partial charge in [0.2, 0.25) is 0 Å². The van der Waals surface area contributed by atoms with Gasteiger partial charge in [-0.25, -0.2) is 0 Å². The summed E-state index contributed by atoms with van der Waals surface area (Å²) in [6.45, 7) is 0.517. The molecular weight excluding hydrogens is 380 g/mol. The lowest BCUT2D eigenvalue weighted by Gasteiger charge is -2.13. The minimum atomic E-state index is -0.300. The van der Waals surface area contributed by atoms with Gasteiger partial charge < -0.3 is 10.1 Å². The second kappa shape index (κ2) is 7.28. The van der Waals surface area contributed by atoms with E-state index in [4.69, 9.17) is 4.74 Å². The first-order valence-electron chi connectivity index (χ1n) is 8.47. The number of fused-ring (bicyclic) bond motifs is 1. The predicted molar refractivity (Wildman–Crippen MR) is 103 cm³/mol. The van der Waals surface area contributed by atoms with E-state index in [9.17, 15) is 14.4 Å². The molecule has 1 N–H and O–H groups in total. The van der Waals surface area contributed by atoms with Crippen LogP contribution in [0.1, 0.15) is 31.1 Å². The second-order valence-electron chi connectivity index (χ2n) is 6.11. The summed E-state index contributed by atoms with van der Waals surface area (Å²) in [5, 5.41) is 10.4. The highest BCUT2D eigenvalue weighted by Crippen LogP contribution is 2.24. The molecule has 3 amide bonds. The molecule has 1 aromatic carbocycles. The number of rotatable bonds is 6. The van der Waals surface area contributed by atoms with Gasteiger partial charge in [-0.15, -0.1) is 11.3 Å². The van der Waals surface area contributed by atoms with E-state index in [1.54, 1.807) is 45.9 Å². The highest BCUT2D eigenvalue weighted by atomic mass is 32.1. The zero-order chi connectivity index (χ0) is 19.7. The maximum Gasteiger partial charge on any atom is 0.261 e. The number of nitrogens with one attached hydrogen (secondary N) is 1. The van der Waals surface area contributed by atoms with Gasteiger partial charge in [-0.1, -0.05) is 12.1 Å². The molecule has 3 aromatic rings. The van der Waals surface area contributed by atoms with Crippen LogP contribution in [0.4, 0.5) is 5.69 Å². The molecule has 0 aliphatic carbocycles. The van der Waals surface area contributed by atoms with E-state index in [2.05, 4.69) is 10.4 Å². The molecule has 0 fully saturated rings. The van der Waals surface area contributed by atoms with Crippen LogP contribution in [0, 0.1) is 0 Å². The third-order valence-electron chi connectivity index (χ3n) is 4.41. The SMILES string of the molecule is COc1cscc1C(=O)Nc1cnn(CCN2C(=O)c3ccccc3C2=O)c1. The van der Waals surface area contributed by atoms with Gasteiger partial charge >= 0.3 is 0 Å². The summed E-state index contributed by atoms with van der Waals surface area (Å²) < 4.78 is 6.72. The Morgan fingerprint density at radius 1 is 1.14 bits per heavy atom. The number of hydrogen-bond acceptors (Lipinski definition) is 6. The maximum absolute atomic E-state index is 12.4. The fraction of sp³-hybridized carbons (Fsp3) is 0.158. The van der Waals surface area contributed by atoms with Crippen LogP contribution in [0.2, 0.25) is 0 Å². The fourth-order valence-electron chi connectivity index (χ4n) is 3.00.